The van der Waals surface area contributed by atoms with Gasteiger partial charge in [0.1, 0.15) is 0 Å². The van der Waals surface area contributed by atoms with Crippen molar-refractivity contribution in [1.29, 1.82) is 0 Å². The molecule has 1 aliphatic heterocycles. The van der Waals surface area contributed by atoms with Crippen LogP contribution >= 0.6 is 0 Å². The molecule has 0 spiro atoms. The lowest BCUT2D eigenvalue weighted by molar-refractivity contribution is 0.0100. The predicted octanol–water partition coefficient (Wildman–Crippen LogP) is 2.75. The molecule has 0 unspecified atom stereocenters. The van der Waals surface area contributed by atoms with E-state index in [4.69, 9.17) is 4.74 Å². The maximum Gasteiger partial charge on any atom is 0.0575 e. The van der Waals surface area contributed by atoms with Gasteiger partial charge >= 0.3 is 0 Å². The summed E-state index contributed by atoms with van der Waals surface area (Å²) < 4.78 is 5.58. The Morgan fingerprint density at radius 1 is 1.40 bits per heavy atom. The van der Waals surface area contributed by atoms with Gasteiger partial charge in [0.25, 0.3) is 0 Å². The van der Waals surface area contributed by atoms with Crippen molar-refractivity contribution in [3.8, 4) is 0 Å². The Morgan fingerprint density at radius 2 is 2.30 bits per heavy atom. The summed E-state index contributed by atoms with van der Waals surface area (Å²) in [7, 11) is 0. The Balaban J connectivity index is 2.02. The fraction of sp³-hybridized carbons (Fsp3) is 1.00. The van der Waals surface area contributed by atoms with Gasteiger partial charge in [-0.3, -0.25) is 0 Å². The van der Waals surface area contributed by atoms with Crippen LogP contribution in [0.15, 0.2) is 0 Å². The Kier molecular flexibility index (Phi) is 3.81. The van der Waals surface area contributed by atoms with E-state index < -0.39 is 0 Å². The average Bonchev–Trinajstić information content (AvgIpc) is 2.03. The van der Waals surface area contributed by atoms with Crippen LogP contribution in [0.2, 0.25) is 0 Å². The molecule has 1 heteroatoms. The van der Waals surface area contributed by atoms with Gasteiger partial charge in [0.15, 0.2) is 0 Å². The van der Waals surface area contributed by atoms with Gasteiger partial charge in [-0.15, -0.1) is 0 Å². The Bertz CT molecular complexity index is 74.8. The number of unbranched alkanes of at least 4 members (excludes halogenated alkanes) is 1. The lowest BCUT2D eigenvalue weighted by atomic mass is 10.0. The van der Waals surface area contributed by atoms with Crippen molar-refractivity contribution in [1.82, 2.24) is 0 Å². The normalized spacial score (nSPS) is 26.7. The zero-order valence-electron chi connectivity index (χ0n) is 6.94. The smallest absolute Gasteiger partial charge is 0.0575 e. The summed E-state index contributed by atoms with van der Waals surface area (Å²) in [5.41, 5.74) is 0. The molecule has 0 N–H and O–H groups in total. The van der Waals surface area contributed by atoms with Gasteiger partial charge in [0.2, 0.25) is 0 Å². The van der Waals surface area contributed by atoms with Crippen molar-refractivity contribution in [2.45, 2.75) is 51.6 Å². The summed E-state index contributed by atoms with van der Waals surface area (Å²) in [5, 5.41) is 0. The summed E-state index contributed by atoms with van der Waals surface area (Å²) >= 11 is 0. The third-order valence-corrected chi connectivity index (χ3v) is 2.15. The van der Waals surface area contributed by atoms with Gasteiger partial charge < -0.3 is 4.74 Å². The molecule has 1 rings (SSSR count). The van der Waals surface area contributed by atoms with Crippen molar-refractivity contribution in [3.05, 3.63) is 0 Å². The predicted molar refractivity (Wildman–Crippen MR) is 43.1 cm³/mol. The van der Waals surface area contributed by atoms with Crippen LogP contribution < -0.4 is 0 Å². The van der Waals surface area contributed by atoms with Crippen LogP contribution in [0.25, 0.3) is 0 Å². The van der Waals surface area contributed by atoms with Crippen molar-refractivity contribution in [2.24, 2.45) is 0 Å². The van der Waals surface area contributed by atoms with Gasteiger partial charge in [-0.05, 0) is 25.7 Å². The molecule has 0 aliphatic carbocycles. The van der Waals surface area contributed by atoms with E-state index in [0.717, 1.165) is 6.61 Å². The molecular weight excluding hydrogens is 124 g/mol. The summed E-state index contributed by atoms with van der Waals surface area (Å²) in [6, 6.07) is 0. The number of hydrogen-bond acceptors (Lipinski definition) is 1. The van der Waals surface area contributed by atoms with E-state index in [1.807, 2.05) is 0 Å². The lowest BCUT2D eigenvalue weighted by Crippen LogP contribution is -2.18. The highest BCUT2D eigenvalue weighted by Gasteiger charge is 2.11. The highest BCUT2D eigenvalue weighted by molar-refractivity contribution is 4.62. The van der Waals surface area contributed by atoms with Crippen LogP contribution in [-0.2, 0) is 4.74 Å². The highest BCUT2D eigenvalue weighted by Crippen LogP contribution is 2.17. The molecule has 0 aromatic heterocycles. The van der Waals surface area contributed by atoms with Gasteiger partial charge in [0, 0.05) is 6.61 Å². The highest BCUT2D eigenvalue weighted by atomic mass is 16.5. The van der Waals surface area contributed by atoms with Crippen LogP contribution in [0.5, 0.6) is 0 Å². The second kappa shape index (κ2) is 4.73. The molecule has 0 radical (unpaired) electrons. The van der Waals surface area contributed by atoms with E-state index in [0.29, 0.717) is 6.10 Å². The Labute approximate surface area is 63.8 Å². The van der Waals surface area contributed by atoms with Crippen molar-refractivity contribution in [3.63, 3.8) is 0 Å². The van der Waals surface area contributed by atoms with E-state index in [2.05, 4.69) is 6.92 Å². The van der Waals surface area contributed by atoms with Gasteiger partial charge in [-0.1, -0.05) is 19.8 Å². The van der Waals surface area contributed by atoms with Crippen LogP contribution in [0.3, 0.4) is 0 Å². The fourth-order valence-electron chi connectivity index (χ4n) is 1.47. The molecule has 0 bridgehead atoms. The van der Waals surface area contributed by atoms with Crippen LogP contribution in [0.4, 0.5) is 0 Å². The monoisotopic (exact) mass is 142 g/mol. The fourth-order valence-corrected chi connectivity index (χ4v) is 1.47. The first-order chi connectivity index (χ1) is 4.93. The first kappa shape index (κ1) is 8.06. The van der Waals surface area contributed by atoms with E-state index in [9.17, 15) is 0 Å². The maximum absolute atomic E-state index is 5.58. The van der Waals surface area contributed by atoms with Gasteiger partial charge in [-0.2, -0.15) is 0 Å². The van der Waals surface area contributed by atoms with Crippen LogP contribution in [0, 0.1) is 0 Å². The molecule has 0 saturated carbocycles. The second-order valence-electron chi connectivity index (χ2n) is 3.13. The van der Waals surface area contributed by atoms with Crippen LogP contribution in [0.1, 0.15) is 45.4 Å². The molecule has 1 heterocycles. The van der Waals surface area contributed by atoms with E-state index >= 15 is 0 Å². The lowest BCUT2D eigenvalue weighted by Gasteiger charge is -2.21. The van der Waals surface area contributed by atoms with Crippen molar-refractivity contribution in [2.75, 3.05) is 6.61 Å². The van der Waals surface area contributed by atoms with E-state index in [-0.39, 0.29) is 0 Å². The molecule has 0 aromatic carbocycles. The zero-order chi connectivity index (χ0) is 7.23. The molecule has 1 atom stereocenters. The summed E-state index contributed by atoms with van der Waals surface area (Å²) in [6.45, 7) is 3.25. The van der Waals surface area contributed by atoms with Crippen LogP contribution in [-0.4, -0.2) is 12.7 Å². The standard InChI is InChI=1S/C9H18O/c1-2-3-6-9-7-4-5-8-10-9/h9H,2-8H2,1H3/t9-/m0/s1. The topological polar surface area (TPSA) is 9.23 Å². The minimum atomic E-state index is 0.605. The average molecular weight is 142 g/mol. The SMILES string of the molecule is CCCC[C@H]1CCCCO1. The number of hydrogen-bond donors (Lipinski definition) is 0. The Morgan fingerprint density at radius 3 is 2.90 bits per heavy atom. The van der Waals surface area contributed by atoms with Crippen molar-refractivity contribution < 1.29 is 4.74 Å². The molecule has 10 heavy (non-hydrogen) atoms. The second-order valence-corrected chi connectivity index (χ2v) is 3.13. The van der Waals surface area contributed by atoms with E-state index in [1.165, 1.54) is 38.5 Å². The quantitative estimate of drug-likeness (QED) is 0.588. The maximum atomic E-state index is 5.58. The first-order valence-electron chi connectivity index (χ1n) is 4.55. The third-order valence-electron chi connectivity index (χ3n) is 2.15. The molecule has 1 saturated heterocycles. The third kappa shape index (κ3) is 2.70. The van der Waals surface area contributed by atoms with Gasteiger partial charge in [-0.25, -0.2) is 0 Å². The summed E-state index contributed by atoms with van der Waals surface area (Å²) in [5.74, 6) is 0. The van der Waals surface area contributed by atoms with Gasteiger partial charge in [0.05, 0.1) is 6.10 Å². The number of ether oxygens (including phenoxy) is 1. The largest absolute Gasteiger partial charge is 0.378 e. The first-order valence-corrected chi connectivity index (χ1v) is 4.55. The summed E-state index contributed by atoms with van der Waals surface area (Å²) in [4.78, 5) is 0. The van der Waals surface area contributed by atoms with Crippen molar-refractivity contribution >= 4 is 0 Å². The molecule has 1 fully saturated rings. The Hall–Kier alpha value is -0.0400. The minimum absolute atomic E-state index is 0.605. The molecule has 1 nitrogen and oxygen atoms in total. The molecule has 1 aliphatic rings. The summed E-state index contributed by atoms with van der Waals surface area (Å²) in [6.07, 6.45) is 8.51. The molecular formula is C9H18O. The minimum Gasteiger partial charge on any atom is -0.378 e. The number of rotatable bonds is 3. The van der Waals surface area contributed by atoms with E-state index in [1.54, 1.807) is 0 Å². The zero-order valence-corrected chi connectivity index (χ0v) is 6.94. The molecule has 0 aromatic rings. The molecule has 60 valence electrons. The molecule has 0 amide bonds.